The van der Waals surface area contributed by atoms with Crippen molar-refractivity contribution in [3.8, 4) is 11.5 Å². The van der Waals surface area contributed by atoms with Gasteiger partial charge >= 0.3 is 0 Å². The average Bonchev–Trinajstić information content (AvgIpc) is 2.33. The third kappa shape index (κ3) is 2.75. The van der Waals surface area contributed by atoms with Gasteiger partial charge in [0.1, 0.15) is 11.5 Å². The Balaban J connectivity index is 2.11. The van der Waals surface area contributed by atoms with E-state index in [1.54, 1.807) is 12.1 Å². The minimum atomic E-state index is -0.268. The Kier molecular flexibility index (Phi) is 2.96. The molecule has 0 bridgehead atoms. The number of benzene rings is 2. The fourth-order valence-corrected chi connectivity index (χ4v) is 1.36. The lowest BCUT2D eigenvalue weighted by Gasteiger charge is -2.05. The molecule has 4 nitrogen and oxygen atoms in total. The first-order valence-corrected chi connectivity index (χ1v) is 5.04. The van der Waals surface area contributed by atoms with E-state index < -0.39 is 0 Å². The fourth-order valence-electron chi connectivity index (χ4n) is 1.36. The molecule has 0 heterocycles. The smallest absolute Gasteiger partial charge is 0.255 e. The first-order valence-electron chi connectivity index (χ1n) is 5.04. The molecule has 0 fully saturated rings. The molecule has 0 aliphatic carbocycles. The van der Waals surface area contributed by atoms with Gasteiger partial charge in [-0.05, 0) is 48.5 Å². The van der Waals surface area contributed by atoms with Crippen molar-refractivity contribution in [2.45, 2.75) is 0 Å². The Morgan fingerprint density at radius 1 is 0.824 bits per heavy atom. The van der Waals surface area contributed by atoms with Gasteiger partial charge in [0.05, 0.1) is 0 Å². The van der Waals surface area contributed by atoms with Gasteiger partial charge < -0.3 is 15.5 Å². The summed E-state index contributed by atoms with van der Waals surface area (Å²) in [5.41, 5.74) is 1.05. The molecule has 2 aromatic carbocycles. The lowest BCUT2D eigenvalue weighted by Crippen LogP contribution is -2.11. The number of carbonyl (C=O) groups excluding carboxylic acids is 1. The van der Waals surface area contributed by atoms with Crippen LogP contribution in [0, 0.1) is 0 Å². The van der Waals surface area contributed by atoms with Crippen LogP contribution >= 0.6 is 0 Å². The predicted octanol–water partition coefficient (Wildman–Crippen LogP) is 2.35. The van der Waals surface area contributed by atoms with E-state index in [0.29, 0.717) is 11.3 Å². The topological polar surface area (TPSA) is 69.6 Å². The molecule has 0 unspecified atom stereocenters. The van der Waals surface area contributed by atoms with Crippen LogP contribution in [-0.2, 0) is 0 Å². The van der Waals surface area contributed by atoms with E-state index in [4.69, 9.17) is 10.2 Å². The highest BCUT2D eigenvalue weighted by Gasteiger charge is 2.05. The predicted molar refractivity (Wildman–Crippen MR) is 64.2 cm³/mol. The Bertz CT molecular complexity index is 517. The summed E-state index contributed by atoms with van der Waals surface area (Å²) in [6.07, 6.45) is 0. The molecule has 17 heavy (non-hydrogen) atoms. The van der Waals surface area contributed by atoms with Gasteiger partial charge in [0.15, 0.2) is 0 Å². The molecule has 0 saturated carbocycles. The minimum Gasteiger partial charge on any atom is -0.508 e. The number of hydrogen-bond donors (Lipinski definition) is 3. The van der Waals surface area contributed by atoms with Crippen LogP contribution < -0.4 is 5.32 Å². The summed E-state index contributed by atoms with van der Waals surface area (Å²) >= 11 is 0. The molecular weight excluding hydrogens is 218 g/mol. The first-order chi connectivity index (χ1) is 8.15. The molecule has 0 radical (unpaired) electrons. The average molecular weight is 229 g/mol. The number of amides is 1. The van der Waals surface area contributed by atoms with Gasteiger partial charge in [-0.1, -0.05) is 0 Å². The number of phenols is 2. The van der Waals surface area contributed by atoms with Crippen molar-refractivity contribution >= 4 is 11.6 Å². The molecule has 0 aromatic heterocycles. The van der Waals surface area contributed by atoms with Crippen molar-refractivity contribution in [2.75, 3.05) is 5.32 Å². The van der Waals surface area contributed by atoms with Crippen molar-refractivity contribution in [2.24, 2.45) is 0 Å². The van der Waals surface area contributed by atoms with Gasteiger partial charge in [0.2, 0.25) is 0 Å². The highest BCUT2D eigenvalue weighted by atomic mass is 16.3. The third-order valence-corrected chi connectivity index (χ3v) is 2.25. The van der Waals surface area contributed by atoms with Crippen LogP contribution in [0.3, 0.4) is 0 Å². The third-order valence-electron chi connectivity index (χ3n) is 2.25. The number of aromatic hydroxyl groups is 2. The van der Waals surface area contributed by atoms with E-state index in [0.717, 1.165) is 0 Å². The van der Waals surface area contributed by atoms with Crippen LogP contribution in [0.15, 0.2) is 48.5 Å². The van der Waals surface area contributed by atoms with E-state index in [-0.39, 0.29) is 17.4 Å². The normalized spacial score (nSPS) is 9.88. The van der Waals surface area contributed by atoms with Crippen LogP contribution in [-0.4, -0.2) is 16.1 Å². The molecule has 1 amide bonds. The Morgan fingerprint density at radius 3 is 1.82 bits per heavy atom. The SMILES string of the molecule is O=C(Nc1ccc(O)cc1)c1ccc(O)cc1. The zero-order valence-corrected chi connectivity index (χ0v) is 8.92. The number of nitrogens with one attached hydrogen (secondary N) is 1. The molecule has 0 aliphatic heterocycles. The van der Waals surface area contributed by atoms with E-state index >= 15 is 0 Å². The highest BCUT2D eigenvalue weighted by molar-refractivity contribution is 6.04. The highest BCUT2D eigenvalue weighted by Crippen LogP contribution is 2.15. The van der Waals surface area contributed by atoms with E-state index in [1.165, 1.54) is 36.4 Å². The largest absolute Gasteiger partial charge is 0.508 e. The molecular formula is C13H11NO3. The number of carbonyl (C=O) groups is 1. The molecule has 3 N–H and O–H groups in total. The number of rotatable bonds is 2. The maximum atomic E-state index is 11.8. The fraction of sp³-hybridized carbons (Fsp3) is 0. The van der Waals surface area contributed by atoms with Gasteiger partial charge in [0, 0.05) is 11.3 Å². The lowest BCUT2D eigenvalue weighted by atomic mass is 10.2. The van der Waals surface area contributed by atoms with Crippen LogP contribution in [0.4, 0.5) is 5.69 Å². The maximum absolute atomic E-state index is 11.8. The van der Waals surface area contributed by atoms with Crippen LogP contribution in [0.25, 0.3) is 0 Å². The summed E-state index contributed by atoms with van der Waals surface area (Å²) in [5, 5.41) is 20.9. The van der Waals surface area contributed by atoms with Gasteiger partial charge in [-0.2, -0.15) is 0 Å². The molecule has 2 aromatic rings. The zero-order chi connectivity index (χ0) is 12.3. The van der Waals surface area contributed by atoms with Crippen LogP contribution in [0.1, 0.15) is 10.4 Å². The Labute approximate surface area is 98.2 Å². The summed E-state index contributed by atoms with van der Waals surface area (Å²) < 4.78 is 0. The van der Waals surface area contributed by atoms with E-state index in [2.05, 4.69) is 5.32 Å². The number of hydrogen-bond acceptors (Lipinski definition) is 3. The molecule has 4 heteroatoms. The van der Waals surface area contributed by atoms with Crippen LogP contribution in [0.2, 0.25) is 0 Å². The molecule has 0 saturated heterocycles. The number of anilines is 1. The second-order valence-corrected chi connectivity index (χ2v) is 3.55. The van der Waals surface area contributed by atoms with Crippen molar-refractivity contribution in [1.29, 1.82) is 0 Å². The van der Waals surface area contributed by atoms with E-state index in [9.17, 15) is 4.79 Å². The second kappa shape index (κ2) is 4.57. The minimum absolute atomic E-state index is 0.117. The zero-order valence-electron chi connectivity index (χ0n) is 8.92. The standard InChI is InChI=1S/C13H11NO3/c15-11-5-1-9(2-6-11)13(17)14-10-3-7-12(16)8-4-10/h1-8,15-16H,(H,14,17). The quantitative estimate of drug-likeness (QED) is 0.692. The van der Waals surface area contributed by atoms with Gasteiger partial charge in [0.25, 0.3) is 5.91 Å². The lowest BCUT2D eigenvalue weighted by molar-refractivity contribution is 0.102. The van der Waals surface area contributed by atoms with Gasteiger partial charge in [-0.25, -0.2) is 0 Å². The second-order valence-electron chi connectivity index (χ2n) is 3.55. The monoisotopic (exact) mass is 229 g/mol. The van der Waals surface area contributed by atoms with Crippen LogP contribution in [0.5, 0.6) is 11.5 Å². The van der Waals surface area contributed by atoms with Crippen molar-refractivity contribution in [3.63, 3.8) is 0 Å². The summed E-state index contributed by atoms with van der Waals surface area (Å²) in [5.74, 6) is -0.00509. The Morgan fingerprint density at radius 2 is 1.29 bits per heavy atom. The van der Waals surface area contributed by atoms with Crippen molar-refractivity contribution in [1.82, 2.24) is 0 Å². The van der Waals surface area contributed by atoms with Crippen molar-refractivity contribution < 1.29 is 15.0 Å². The van der Waals surface area contributed by atoms with Gasteiger partial charge in [-0.15, -0.1) is 0 Å². The number of phenolic OH excluding ortho intramolecular Hbond substituents is 2. The summed E-state index contributed by atoms with van der Waals surface area (Å²) in [4.78, 5) is 11.8. The molecule has 0 aliphatic rings. The van der Waals surface area contributed by atoms with Gasteiger partial charge in [-0.3, -0.25) is 4.79 Å². The summed E-state index contributed by atoms with van der Waals surface area (Å²) in [6.45, 7) is 0. The molecule has 2 rings (SSSR count). The first kappa shape index (κ1) is 11.0. The van der Waals surface area contributed by atoms with E-state index in [1.807, 2.05) is 0 Å². The molecule has 0 spiro atoms. The van der Waals surface area contributed by atoms with Crippen molar-refractivity contribution in [3.05, 3.63) is 54.1 Å². The molecule has 86 valence electrons. The maximum Gasteiger partial charge on any atom is 0.255 e. The summed E-state index contributed by atoms with van der Waals surface area (Å²) in [7, 11) is 0. The Hall–Kier alpha value is -2.49. The summed E-state index contributed by atoms with van der Waals surface area (Å²) in [6, 6.07) is 12.2. The molecule has 0 atom stereocenters.